The van der Waals surface area contributed by atoms with Gasteiger partial charge in [0.1, 0.15) is 11.6 Å². The molecule has 30 heavy (non-hydrogen) atoms. The monoisotopic (exact) mass is 428 g/mol. The lowest BCUT2D eigenvalue weighted by Crippen LogP contribution is -2.28. The molecule has 3 aromatic carbocycles. The molecular weight excluding hydrogens is 407 g/mol. The van der Waals surface area contributed by atoms with Crippen molar-refractivity contribution < 1.29 is 22.3 Å². The summed E-state index contributed by atoms with van der Waals surface area (Å²) < 4.78 is 45.7. The molecule has 0 bridgehead atoms. The molecule has 0 aliphatic heterocycles. The Bertz CT molecular complexity index is 1100. The molecule has 0 unspecified atom stereocenters. The Hall–Kier alpha value is -3.39. The summed E-state index contributed by atoms with van der Waals surface area (Å²) >= 11 is 0. The normalized spacial score (nSPS) is 11.0. The van der Waals surface area contributed by atoms with Crippen LogP contribution in [0.5, 0.6) is 5.75 Å². The van der Waals surface area contributed by atoms with Gasteiger partial charge in [0.05, 0.1) is 4.90 Å². The smallest absolute Gasteiger partial charge is 0.261 e. The van der Waals surface area contributed by atoms with E-state index in [0.29, 0.717) is 11.4 Å². The largest absolute Gasteiger partial charge is 0.484 e. The number of nitrogens with one attached hydrogen (secondary N) is 2. The number of anilines is 1. The van der Waals surface area contributed by atoms with Crippen molar-refractivity contribution >= 4 is 21.6 Å². The van der Waals surface area contributed by atoms with Gasteiger partial charge in [0.2, 0.25) is 0 Å². The molecule has 0 radical (unpaired) electrons. The van der Waals surface area contributed by atoms with E-state index in [1.807, 2.05) is 19.1 Å². The molecule has 0 aliphatic rings. The lowest BCUT2D eigenvalue weighted by atomic mass is 10.2. The van der Waals surface area contributed by atoms with E-state index in [9.17, 15) is 17.6 Å². The maximum atomic E-state index is 12.9. The number of sulfonamides is 1. The highest BCUT2D eigenvalue weighted by molar-refractivity contribution is 7.92. The van der Waals surface area contributed by atoms with Crippen LogP contribution in [0.3, 0.4) is 0 Å². The number of carbonyl (C=O) groups is 1. The van der Waals surface area contributed by atoms with Crippen molar-refractivity contribution in [1.29, 1.82) is 0 Å². The molecule has 3 rings (SSSR count). The average Bonchev–Trinajstić information content (AvgIpc) is 2.73. The number of carbonyl (C=O) groups excluding carboxylic acids is 1. The second kappa shape index (κ2) is 9.41. The summed E-state index contributed by atoms with van der Waals surface area (Å²) in [5, 5.41) is 2.66. The number of amides is 1. The molecule has 0 spiro atoms. The maximum absolute atomic E-state index is 12.9. The lowest BCUT2D eigenvalue weighted by Gasteiger charge is -2.10. The molecule has 156 valence electrons. The minimum absolute atomic E-state index is 0.0798. The van der Waals surface area contributed by atoms with Crippen molar-refractivity contribution in [1.82, 2.24) is 5.32 Å². The first kappa shape index (κ1) is 21.3. The lowest BCUT2D eigenvalue weighted by molar-refractivity contribution is -0.123. The van der Waals surface area contributed by atoms with Crippen molar-refractivity contribution in [2.45, 2.75) is 18.4 Å². The highest BCUT2D eigenvalue weighted by Crippen LogP contribution is 2.19. The summed E-state index contributed by atoms with van der Waals surface area (Å²) in [6.07, 6.45) is 0. The molecule has 2 N–H and O–H groups in total. The van der Waals surface area contributed by atoms with Crippen LogP contribution in [0.25, 0.3) is 0 Å². The van der Waals surface area contributed by atoms with Crippen molar-refractivity contribution in [3.8, 4) is 5.75 Å². The fourth-order valence-corrected chi connectivity index (χ4v) is 3.61. The van der Waals surface area contributed by atoms with Gasteiger partial charge in [0.25, 0.3) is 15.9 Å². The van der Waals surface area contributed by atoms with Crippen LogP contribution < -0.4 is 14.8 Å². The fourth-order valence-electron chi connectivity index (χ4n) is 2.55. The summed E-state index contributed by atoms with van der Waals surface area (Å²) in [6.45, 7) is 1.94. The van der Waals surface area contributed by atoms with Crippen LogP contribution in [0.15, 0.2) is 77.7 Å². The van der Waals surface area contributed by atoms with Crippen molar-refractivity contribution in [3.63, 3.8) is 0 Å². The minimum Gasteiger partial charge on any atom is -0.484 e. The van der Waals surface area contributed by atoms with Crippen molar-refractivity contribution in [2.75, 3.05) is 11.3 Å². The van der Waals surface area contributed by atoms with Crippen molar-refractivity contribution in [3.05, 3.63) is 89.7 Å². The summed E-state index contributed by atoms with van der Waals surface area (Å²) in [6, 6.07) is 18.6. The highest BCUT2D eigenvalue weighted by atomic mass is 32.2. The number of hydrogen-bond donors (Lipinski definition) is 2. The number of aryl methyl sites for hydroxylation is 1. The van der Waals surface area contributed by atoms with Gasteiger partial charge >= 0.3 is 0 Å². The van der Waals surface area contributed by atoms with Gasteiger partial charge in [0, 0.05) is 12.2 Å². The predicted octanol–water partition coefficient (Wildman–Crippen LogP) is 3.63. The molecule has 0 heterocycles. The number of halogens is 1. The molecule has 0 aliphatic carbocycles. The summed E-state index contributed by atoms with van der Waals surface area (Å²) in [5.74, 6) is -0.328. The van der Waals surface area contributed by atoms with E-state index in [4.69, 9.17) is 4.74 Å². The van der Waals surface area contributed by atoms with E-state index in [1.165, 1.54) is 36.4 Å². The number of rotatable bonds is 8. The van der Waals surface area contributed by atoms with Gasteiger partial charge in [-0.1, -0.05) is 29.8 Å². The highest BCUT2D eigenvalue weighted by Gasteiger charge is 2.14. The van der Waals surface area contributed by atoms with Crippen LogP contribution in [-0.4, -0.2) is 20.9 Å². The average molecular weight is 428 g/mol. The second-order valence-electron chi connectivity index (χ2n) is 6.63. The third kappa shape index (κ3) is 6.05. The Morgan fingerprint density at radius 2 is 1.57 bits per heavy atom. The van der Waals surface area contributed by atoms with E-state index in [0.717, 1.165) is 11.1 Å². The van der Waals surface area contributed by atoms with Crippen LogP contribution in [0.1, 0.15) is 11.1 Å². The fraction of sp³-hybridized carbons (Fsp3) is 0.136. The molecule has 0 fully saturated rings. The SMILES string of the molecule is Cc1ccc(NS(=O)(=O)c2ccc(OCC(=O)NCc3ccc(F)cc3)cc2)cc1. The molecule has 3 aromatic rings. The summed E-state index contributed by atoms with van der Waals surface area (Å²) in [4.78, 5) is 12.0. The number of benzene rings is 3. The maximum Gasteiger partial charge on any atom is 0.261 e. The van der Waals surface area contributed by atoms with Gasteiger partial charge in [0.15, 0.2) is 6.61 Å². The van der Waals surface area contributed by atoms with Crippen LogP contribution in [0.2, 0.25) is 0 Å². The molecule has 0 saturated heterocycles. The zero-order valence-corrected chi connectivity index (χ0v) is 17.1. The van der Waals surface area contributed by atoms with Gasteiger partial charge in [-0.25, -0.2) is 12.8 Å². The van der Waals surface area contributed by atoms with Crippen molar-refractivity contribution in [2.24, 2.45) is 0 Å². The van der Waals surface area contributed by atoms with E-state index in [2.05, 4.69) is 10.0 Å². The van der Waals surface area contributed by atoms with E-state index >= 15 is 0 Å². The third-order valence-corrected chi connectivity index (χ3v) is 5.61. The number of ether oxygens (including phenoxy) is 1. The molecule has 0 saturated carbocycles. The zero-order valence-electron chi connectivity index (χ0n) is 16.3. The van der Waals surface area contributed by atoms with Crippen LogP contribution in [0, 0.1) is 12.7 Å². The van der Waals surface area contributed by atoms with E-state index in [1.54, 1.807) is 24.3 Å². The third-order valence-electron chi connectivity index (χ3n) is 4.21. The van der Waals surface area contributed by atoms with Crippen LogP contribution in [-0.2, 0) is 21.4 Å². The summed E-state index contributed by atoms with van der Waals surface area (Å²) in [5.41, 5.74) is 2.26. The van der Waals surface area contributed by atoms with E-state index in [-0.39, 0.29) is 29.8 Å². The summed E-state index contributed by atoms with van der Waals surface area (Å²) in [7, 11) is -3.73. The first-order chi connectivity index (χ1) is 14.3. The first-order valence-corrected chi connectivity index (χ1v) is 10.6. The molecule has 6 nitrogen and oxygen atoms in total. The Labute approximate surface area is 174 Å². The van der Waals surface area contributed by atoms with Gasteiger partial charge in [-0.15, -0.1) is 0 Å². The Balaban J connectivity index is 1.51. The standard InChI is InChI=1S/C22H21FN2O4S/c1-16-2-8-19(9-3-16)25-30(27,28)21-12-10-20(11-13-21)29-15-22(26)24-14-17-4-6-18(23)7-5-17/h2-13,25H,14-15H2,1H3,(H,24,26). The van der Waals surface area contributed by atoms with E-state index < -0.39 is 10.0 Å². The number of hydrogen-bond acceptors (Lipinski definition) is 4. The molecule has 0 aromatic heterocycles. The Kier molecular flexibility index (Phi) is 6.68. The van der Waals surface area contributed by atoms with Gasteiger partial charge < -0.3 is 10.1 Å². The minimum atomic E-state index is -3.73. The zero-order chi connectivity index (χ0) is 21.6. The Morgan fingerprint density at radius 1 is 0.933 bits per heavy atom. The molecule has 0 atom stereocenters. The topological polar surface area (TPSA) is 84.5 Å². The van der Waals surface area contributed by atoms with Gasteiger partial charge in [-0.2, -0.15) is 0 Å². The molecule has 1 amide bonds. The Morgan fingerprint density at radius 3 is 2.20 bits per heavy atom. The van der Waals surface area contributed by atoms with Gasteiger partial charge in [-0.3, -0.25) is 9.52 Å². The van der Waals surface area contributed by atoms with Crippen LogP contribution in [0.4, 0.5) is 10.1 Å². The quantitative estimate of drug-likeness (QED) is 0.574. The molecule has 8 heteroatoms. The molecular formula is C22H21FN2O4S. The van der Waals surface area contributed by atoms with Gasteiger partial charge in [-0.05, 0) is 61.0 Å². The first-order valence-electron chi connectivity index (χ1n) is 9.15. The van der Waals surface area contributed by atoms with Crippen LogP contribution >= 0.6 is 0 Å². The predicted molar refractivity (Wildman–Crippen MR) is 112 cm³/mol. The second-order valence-corrected chi connectivity index (χ2v) is 8.32.